The number of aromatic nitrogens is 3. The van der Waals surface area contributed by atoms with Crippen molar-refractivity contribution in [1.29, 1.82) is 0 Å². The van der Waals surface area contributed by atoms with Crippen LogP contribution in [0.2, 0.25) is 0 Å². The summed E-state index contributed by atoms with van der Waals surface area (Å²) < 4.78 is 8.81. The average molecular weight is 310 g/mol. The van der Waals surface area contributed by atoms with Gasteiger partial charge in [0.1, 0.15) is 0 Å². The first-order valence-electron chi connectivity index (χ1n) is 8.33. The van der Waals surface area contributed by atoms with Crippen LogP contribution in [0, 0.1) is 4.77 Å². The minimum absolute atomic E-state index is 0.343. The molecule has 0 aromatic carbocycles. The second kappa shape index (κ2) is 6.92. The van der Waals surface area contributed by atoms with E-state index < -0.39 is 0 Å². The predicted octanol–water partition coefficient (Wildman–Crippen LogP) is 3.45. The number of nitrogens with one attached hydrogen (secondary N) is 1. The molecule has 21 heavy (non-hydrogen) atoms. The van der Waals surface area contributed by atoms with E-state index in [-0.39, 0.29) is 0 Å². The van der Waals surface area contributed by atoms with Gasteiger partial charge in [0, 0.05) is 25.7 Å². The lowest BCUT2D eigenvalue weighted by Gasteiger charge is -2.29. The van der Waals surface area contributed by atoms with E-state index in [0.29, 0.717) is 12.1 Å². The molecular formula is C15H26N4OS. The van der Waals surface area contributed by atoms with E-state index in [0.717, 1.165) is 36.8 Å². The monoisotopic (exact) mass is 310 g/mol. The molecule has 1 N–H and O–H groups in total. The van der Waals surface area contributed by atoms with Gasteiger partial charge in [0.2, 0.25) is 5.95 Å². The SMILES string of the molecule is CCN(CC1CCCO1)c1n[nH]c(=S)n1C1CCCCC1. The fourth-order valence-electron chi connectivity index (χ4n) is 3.57. The van der Waals surface area contributed by atoms with Gasteiger partial charge in [-0.2, -0.15) is 0 Å². The summed E-state index contributed by atoms with van der Waals surface area (Å²) in [4.78, 5) is 2.32. The minimum Gasteiger partial charge on any atom is -0.376 e. The number of rotatable bonds is 5. The van der Waals surface area contributed by atoms with E-state index in [9.17, 15) is 0 Å². The number of nitrogens with zero attached hydrogens (tertiary/aromatic N) is 3. The van der Waals surface area contributed by atoms with Crippen molar-refractivity contribution in [1.82, 2.24) is 14.8 Å². The van der Waals surface area contributed by atoms with Crippen LogP contribution in [0.4, 0.5) is 5.95 Å². The van der Waals surface area contributed by atoms with Crippen LogP contribution >= 0.6 is 12.2 Å². The Labute approximate surface area is 131 Å². The first kappa shape index (κ1) is 15.0. The largest absolute Gasteiger partial charge is 0.376 e. The van der Waals surface area contributed by atoms with Crippen LogP contribution in [-0.4, -0.2) is 40.6 Å². The Balaban J connectivity index is 1.80. The summed E-state index contributed by atoms with van der Waals surface area (Å²) in [6.45, 7) is 4.94. The fraction of sp³-hybridized carbons (Fsp3) is 0.867. The Morgan fingerprint density at radius 1 is 1.29 bits per heavy atom. The minimum atomic E-state index is 0.343. The number of anilines is 1. The number of ether oxygens (including phenoxy) is 1. The molecule has 2 fully saturated rings. The van der Waals surface area contributed by atoms with E-state index >= 15 is 0 Å². The Morgan fingerprint density at radius 2 is 2.10 bits per heavy atom. The van der Waals surface area contributed by atoms with Crippen molar-refractivity contribution in [3.05, 3.63) is 4.77 Å². The molecule has 0 amide bonds. The van der Waals surface area contributed by atoms with E-state index in [2.05, 4.69) is 26.6 Å². The molecule has 0 bridgehead atoms. The molecule has 5 nitrogen and oxygen atoms in total. The number of H-pyrrole nitrogens is 1. The van der Waals surface area contributed by atoms with Crippen LogP contribution in [0.3, 0.4) is 0 Å². The number of hydrogen-bond donors (Lipinski definition) is 1. The molecule has 1 saturated carbocycles. The van der Waals surface area contributed by atoms with Gasteiger partial charge in [0.05, 0.1) is 6.10 Å². The topological polar surface area (TPSA) is 46.1 Å². The third-order valence-corrected chi connectivity index (χ3v) is 5.03. The zero-order valence-electron chi connectivity index (χ0n) is 12.9. The van der Waals surface area contributed by atoms with Crippen molar-refractivity contribution in [2.24, 2.45) is 0 Å². The average Bonchev–Trinajstić information content (AvgIpc) is 3.15. The molecule has 1 aliphatic carbocycles. The molecular weight excluding hydrogens is 284 g/mol. The molecule has 6 heteroatoms. The van der Waals surface area contributed by atoms with E-state index in [1.165, 1.54) is 38.5 Å². The molecule has 0 radical (unpaired) electrons. The van der Waals surface area contributed by atoms with Crippen molar-refractivity contribution in [2.45, 2.75) is 64.0 Å². The Kier molecular flexibility index (Phi) is 4.95. The molecule has 1 saturated heterocycles. The highest BCUT2D eigenvalue weighted by molar-refractivity contribution is 7.71. The predicted molar refractivity (Wildman–Crippen MR) is 86.4 cm³/mol. The van der Waals surface area contributed by atoms with Gasteiger partial charge in [-0.3, -0.25) is 4.57 Å². The molecule has 2 aliphatic rings. The van der Waals surface area contributed by atoms with E-state index in [1.54, 1.807) is 0 Å². The zero-order chi connectivity index (χ0) is 14.7. The maximum Gasteiger partial charge on any atom is 0.226 e. The smallest absolute Gasteiger partial charge is 0.226 e. The lowest BCUT2D eigenvalue weighted by molar-refractivity contribution is 0.115. The van der Waals surface area contributed by atoms with Crippen LogP contribution in [0.5, 0.6) is 0 Å². The number of aromatic amines is 1. The molecule has 1 aliphatic heterocycles. The van der Waals surface area contributed by atoms with Gasteiger partial charge in [-0.1, -0.05) is 19.3 Å². The molecule has 118 valence electrons. The second-order valence-corrected chi connectivity index (χ2v) is 6.55. The summed E-state index contributed by atoms with van der Waals surface area (Å²) in [6, 6.07) is 0.513. The van der Waals surface area contributed by atoms with Crippen molar-refractivity contribution in [3.63, 3.8) is 0 Å². The van der Waals surface area contributed by atoms with Crippen LogP contribution in [0.15, 0.2) is 0 Å². The first-order valence-corrected chi connectivity index (χ1v) is 8.74. The van der Waals surface area contributed by atoms with E-state index in [4.69, 9.17) is 17.0 Å². The third kappa shape index (κ3) is 3.31. The van der Waals surface area contributed by atoms with Crippen LogP contribution in [-0.2, 0) is 4.74 Å². The Morgan fingerprint density at radius 3 is 2.76 bits per heavy atom. The zero-order valence-corrected chi connectivity index (χ0v) is 13.7. The van der Waals surface area contributed by atoms with Crippen LogP contribution in [0.25, 0.3) is 0 Å². The summed E-state index contributed by atoms with van der Waals surface area (Å²) in [7, 11) is 0. The summed E-state index contributed by atoms with van der Waals surface area (Å²) in [5.74, 6) is 1.00. The molecule has 1 aromatic rings. The highest BCUT2D eigenvalue weighted by Crippen LogP contribution is 2.31. The Bertz CT molecular complexity index is 500. The van der Waals surface area contributed by atoms with Gasteiger partial charge < -0.3 is 9.64 Å². The lowest BCUT2D eigenvalue weighted by atomic mass is 9.95. The van der Waals surface area contributed by atoms with Gasteiger partial charge in [0.15, 0.2) is 4.77 Å². The molecule has 1 unspecified atom stereocenters. The van der Waals surface area contributed by atoms with Crippen molar-refractivity contribution in [2.75, 3.05) is 24.6 Å². The molecule has 1 atom stereocenters. The number of hydrogen-bond acceptors (Lipinski definition) is 4. The fourth-order valence-corrected chi connectivity index (χ4v) is 3.85. The normalized spacial score (nSPS) is 23.6. The highest BCUT2D eigenvalue weighted by atomic mass is 32.1. The molecule has 1 aromatic heterocycles. The lowest BCUT2D eigenvalue weighted by Crippen LogP contribution is -2.34. The standard InChI is InChI=1S/C15H26N4OS/c1-2-18(11-13-9-6-10-20-13)14-16-17-15(21)19(14)12-7-4-3-5-8-12/h12-13H,2-11H2,1H3,(H,17,21). The van der Waals surface area contributed by atoms with Crippen LogP contribution in [0.1, 0.15) is 57.9 Å². The molecule has 3 rings (SSSR count). The summed E-state index contributed by atoms with van der Waals surface area (Å²) in [5, 5.41) is 7.53. The quantitative estimate of drug-likeness (QED) is 0.846. The van der Waals surface area contributed by atoms with Gasteiger partial charge in [0.25, 0.3) is 0 Å². The second-order valence-electron chi connectivity index (χ2n) is 6.16. The van der Waals surface area contributed by atoms with Crippen molar-refractivity contribution in [3.8, 4) is 0 Å². The molecule has 0 spiro atoms. The maximum absolute atomic E-state index is 5.78. The van der Waals surface area contributed by atoms with Crippen molar-refractivity contribution < 1.29 is 4.74 Å². The van der Waals surface area contributed by atoms with Gasteiger partial charge >= 0.3 is 0 Å². The highest BCUT2D eigenvalue weighted by Gasteiger charge is 2.25. The van der Waals surface area contributed by atoms with Gasteiger partial charge in [-0.05, 0) is 44.8 Å². The first-order chi connectivity index (χ1) is 10.3. The third-order valence-electron chi connectivity index (χ3n) is 4.74. The number of likely N-dealkylation sites (N-methyl/N-ethyl adjacent to an activating group) is 1. The van der Waals surface area contributed by atoms with Gasteiger partial charge in [-0.25, -0.2) is 5.10 Å². The molecule has 2 heterocycles. The summed E-state index contributed by atoms with van der Waals surface area (Å²) >= 11 is 5.49. The Hall–Kier alpha value is -0.880. The summed E-state index contributed by atoms with van der Waals surface area (Å²) in [5.41, 5.74) is 0. The maximum atomic E-state index is 5.78. The van der Waals surface area contributed by atoms with Crippen LogP contribution < -0.4 is 4.90 Å². The van der Waals surface area contributed by atoms with Crippen molar-refractivity contribution >= 4 is 18.2 Å². The van der Waals surface area contributed by atoms with Gasteiger partial charge in [-0.15, -0.1) is 5.10 Å². The van der Waals surface area contributed by atoms with E-state index in [1.807, 2.05) is 0 Å². The summed E-state index contributed by atoms with van der Waals surface area (Å²) in [6.07, 6.45) is 9.07.